The van der Waals surface area contributed by atoms with E-state index in [0.29, 0.717) is 6.61 Å². The van der Waals surface area contributed by atoms with Crippen LogP contribution in [0.4, 0.5) is 0 Å². The van der Waals surface area contributed by atoms with E-state index < -0.39 is 5.60 Å². The first kappa shape index (κ1) is 6.99. The van der Waals surface area contributed by atoms with E-state index in [1.807, 2.05) is 7.05 Å². The van der Waals surface area contributed by atoms with Crippen molar-refractivity contribution in [1.29, 1.82) is 0 Å². The zero-order valence-corrected chi connectivity index (χ0v) is 5.92. The lowest BCUT2D eigenvalue weighted by molar-refractivity contribution is -0.123. The van der Waals surface area contributed by atoms with Gasteiger partial charge in [0.2, 0.25) is 0 Å². The van der Waals surface area contributed by atoms with Gasteiger partial charge >= 0.3 is 0 Å². The summed E-state index contributed by atoms with van der Waals surface area (Å²) in [5.41, 5.74) is -0.552. The first-order chi connectivity index (χ1) is 4.16. The summed E-state index contributed by atoms with van der Waals surface area (Å²) < 4.78 is 4.82. The van der Waals surface area contributed by atoms with Crippen LogP contribution in [0.25, 0.3) is 0 Å². The summed E-state index contributed by atoms with van der Waals surface area (Å²) in [5, 5.41) is 9.41. The van der Waals surface area contributed by atoms with Gasteiger partial charge in [0.1, 0.15) is 5.60 Å². The quantitative estimate of drug-likeness (QED) is 0.538. The Labute approximate surface area is 55.2 Å². The van der Waals surface area contributed by atoms with Crippen LogP contribution < -0.4 is 0 Å². The Balaban J connectivity index is 2.23. The molecule has 1 heterocycles. The normalized spacial score (nSPS) is 25.7. The number of hydrogen-bond donors (Lipinski definition) is 1. The van der Waals surface area contributed by atoms with Crippen LogP contribution >= 0.6 is 0 Å². The Hall–Kier alpha value is -0.120. The highest BCUT2D eigenvalue weighted by Crippen LogP contribution is 2.17. The number of hydrogen-bond acceptors (Lipinski definition) is 3. The molecule has 0 unspecified atom stereocenters. The van der Waals surface area contributed by atoms with E-state index in [0.717, 1.165) is 13.1 Å². The topological polar surface area (TPSA) is 32.7 Å². The van der Waals surface area contributed by atoms with Crippen LogP contribution in [0.15, 0.2) is 0 Å². The van der Waals surface area contributed by atoms with Crippen LogP contribution in [0.2, 0.25) is 0 Å². The van der Waals surface area contributed by atoms with E-state index >= 15 is 0 Å². The summed E-state index contributed by atoms with van der Waals surface area (Å²) in [7, 11) is 3.58. The van der Waals surface area contributed by atoms with Crippen LogP contribution in [0.1, 0.15) is 0 Å². The smallest absolute Gasteiger partial charge is 0.113 e. The van der Waals surface area contributed by atoms with E-state index in [4.69, 9.17) is 4.74 Å². The first-order valence-corrected chi connectivity index (χ1v) is 3.06. The standard InChI is InChI=1S/C6H13NO2/c1-7-3-6(8,4-7)5-9-2/h8H,3-5H2,1-2H3. The molecule has 9 heavy (non-hydrogen) atoms. The highest BCUT2D eigenvalue weighted by Gasteiger charge is 2.38. The van der Waals surface area contributed by atoms with E-state index in [-0.39, 0.29) is 0 Å². The number of ether oxygens (including phenoxy) is 1. The molecule has 1 fully saturated rings. The number of methoxy groups -OCH3 is 1. The molecule has 0 bridgehead atoms. The number of rotatable bonds is 2. The zero-order valence-electron chi connectivity index (χ0n) is 5.92. The van der Waals surface area contributed by atoms with Crippen molar-refractivity contribution in [1.82, 2.24) is 4.90 Å². The lowest BCUT2D eigenvalue weighted by Crippen LogP contribution is -2.62. The molecule has 3 nitrogen and oxygen atoms in total. The molecular weight excluding hydrogens is 118 g/mol. The monoisotopic (exact) mass is 131 g/mol. The third kappa shape index (κ3) is 1.41. The Morgan fingerprint density at radius 3 is 2.56 bits per heavy atom. The largest absolute Gasteiger partial charge is 0.385 e. The van der Waals surface area contributed by atoms with Crippen LogP contribution in [0.5, 0.6) is 0 Å². The highest BCUT2D eigenvalue weighted by atomic mass is 16.5. The maximum atomic E-state index is 9.41. The molecule has 1 aliphatic heterocycles. The molecule has 0 amide bonds. The summed E-state index contributed by atoms with van der Waals surface area (Å²) >= 11 is 0. The molecule has 0 radical (unpaired) electrons. The average molecular weight is 131 g/mol. The predicted molar refractivity (Wildman–Crippen MR) is 34.3 cm³/mol. The van der Waals surface area contributed by atoms with Crippen molar-refractivity contribution in [3.8, 4) is 0 Å². The van der Waals surface area contributed by atoms with Crippen molar-refractivity contribution < 1.29 is 9.84 Å². The molecule has 1 N–H and O–H groups in total. The van der Waals surface area contributed by atoms with Crippen molar-refractivity contribution in [3.63, 3.8) is 0 Å². The number of likely N-dealkylation sites (N-methyl/N-ethyl adjacent to an activating group) is 1. The van der Waals surface area contributed by atoms with Gasteiger partial charge in [-0.1, -0.05) is 0 Å². The Kier molecular flexibility index (Phi) is 1.75. The second-order valence-electron chi connectivity index (χ2n) is 2.83. The number of β-amino-alcohol motifs (C(OH)–C–C–N with tert-alkyl or cyclic N) is 1. The molecule has 54 valence electrons. The predicted octanol–water partition coefficient (Wildman–Crippen LogP) is -0.691. The maximum absolute atomic E-state index is 9.41. The molecule has 0 aromatic heterocycles. The van der Waals surface area contributed by atoms with Crippen molar-refractivity contribution in [2.45, 2.75) is 5.60 Å². The van der Waals surface area contributed by atoms with E-state index in [9.17, 15) is 5.11 Å². The van der Waals surface area contributed by atoms with Gasteiger partial charge in [0.25, 0.3) is 0 Å². The molecule has 1 rings (SSSR count). The molecule has 1 aliphatic rings. The summed E-state index contributed by atoms with van der Waals surface area (Å²) in [6, 6.07) is 0. The molecule has 0 aromatic rings. The van der Waals surface area contributed by atoms with Gasteiger partial charge in [0, 0.05) is 20.2 Å². The van der Waals surface area contributed by atoms with E-state index in [1.165, 1.54) is 0 Å². The van der Waals surface area contributed by atoms with Gasteiger partial charge in [0.05, 0.1) is 6.61 Å². The average Bonchev–Trinajstić information content (AvgIpc) is 1.62. The minimum Gasteiger partial charge on any atom is -0.385 e. The third-order valence-electron chi connectivity index (χ3n) is 1.54. The molecule has 0 spiro atoms. The minimum absolute atomic E-state index is 0.456. The lowest BCUT2D eigenvalue weighted by Gasteiger charge is -2.43. The Morgan fingerprint density at radius 2 is 2.22 bits per heavy atom. The zero-order chi connectivity index (χ0) is 6.91. The summed E-state index contributed by atoms with van der Waals surface area (Å²) in [6.07, 6.45) is 0. The third-order valence-corrected chi connectivity index (χ3v) is 1.54. The maximum Gasteiger partial charge on any atom is 0.113 e. The molecule has 0 saturated carbocycles. The second-order valence-corrected chi connectivity index (χ2v) is 2.83. The van der Waals surface area contributed by atoms with Gasteiger partial charge in [-0.2, -0.15) is 0 Å². The van der Waals surface area contributed by atoms with Crippen molar-refractivity contribution in [3.05, 3.63) is 0 Å². The lowest BCUT2D eigenvalue weighted by atomic mass is 9.96. The van der Waals surface area contributed by atoms with Gasteiger partial charge in [-0.05, 0) is 7.05 Å². The van der Waals surface area contributed by atoms with E-state index in [1.54, 1.807) is 7.11 Å². The molecule has 1 saturated heterocycles. The van der Waals surface area contributed by atoms with Gasteiger partial charge in [0.15, 0.2) is 0 Å². The van der Waals surface area contributed by atoms with Crippen molar-refractivity contribution in [2.75, 3.05) is 33.9 Å². The number of nitrogens with zero attached hydrogens (tertiary/aromatic N) is 1. The fourth-order valence-corrected chi connectivity index (χ4v) is 1.32. The summed E-state index contributed by atoms with van der Waals surface area (Å²) in [5.74, 6) is 0. The van der Waals surface area contributed by atoms with Gasteiger partial charge in [-0.15, -0.1) is 0 Å². The Bertz CT molecular complexity index is 93.7. The van der Waals surface area contributed by atoms with Gasteiger partial charge in [-0.3, -0.25) is 0 Å². The molecule has 0 aromatic carbocycles. The second kappa shape index (κ2) is 2.25. The van der Waals surface area contributed by atoms with E-state index in [2.05, 4.69) is 4.90 Å². The van der Waals surface area contributed by atoms with Crippen LogP contribution in [0, 0.1) is 0 Å². The number of aliphatic hydroxyl groups is 1. The fourth-order valence-electron chi connectivity index (χ4n) is 1.32. The molecule has 0 aliphatic carbocycles. The van der Waals surface area contributed by atoms with Crippen molar-refractivity contribution in [2.24, 2.45) is 0 Å². The van der Waals surface area contributed by atoms with Crippen LogP contribution in [-0.4, -0.2) is 49.5 Å². The highest BCUT2D eigenvalue weighted by molar-refractivity contribution is 4.93. The van der Waals surface area contributed by atoms with Crippen LogP contribution in [-0.2, 0) is 4.74 Å². The Morgan fingerprint density at radius 1 is 1.67 bits per heavy atom. The van der Waals surface area contributed by atoms with Crippen molar-refractivity contribution >= 4 is 0 Å². The molecule has 0 atom stereocenters. The first-order valence-electron chi connectivity index (χ1n) is 3.06. The molecule has 3 heteroatoms. The number of likely N-dealkylation sites (tertiary alicyclic amines) is 1. The fraction of sp³-hybridized carbons (Fsp3) is 1.00. The molecular formula is C6H13NO2. The van der Waals surface area contributed by atoms with Gasteiger partial charge in [-0.25, -0.2) is 0 Å². The SMILES string of the molecule is COCC1(O)CN(C)C1. The summed E-state index contributed by atoms with van der Waals surface area (Å²) in [6.45, 7) is 1.93. The summed E-state index contributed by atoms with van der Waals surface area (Å²) in [4.78, 5) is 2.05. The van der Waals surface area contributed by atoms with Crippen LogP contribution in [0.3, 0.4) is 0 Å². The van der Waals surface area contributed by atoms with Gasteiger partial charge < -0.3 is 14.7 Å². The minimum atomic E-state index is -0.552.